The maximum Gasteiger partial charge on any atom is 0.172 e. The van der Waals surface area contributed by atoms with Crippen molar-refractivity contribution in [3.63, 3.8) is 0 Å². The Bertz CT molecular complexity index is 1200. The van der Waals surface area contributed by atoms with E-state index in [4.69, 9.17) is 16.6 Å². The van der Waals surface area contributed by atoms with Crippen LogP contribution < -0.4 is 5.32 Å². The van der Waals surface area contributed by atoms with Crippen LogP contribution in [-0.4, -0.2) is 44.9 Å². The van der Waals surface area contributed by atoms with Gasteiger partial charge in [0.2, 0.25) is 0 Å². The highest BCUT2D eigenvalue weighted by atomic mass is 79.9. The Kier molecular flexibility index (Phi) is 7.11. The Labute approximate surface area is 212 Å². The largest absolute Gasteiger partial charge is 0.367 e. The first-order valence-corrected chi connectivity index (χ1v) is 13.7. The Balaban J connectivity index is 1.29. The summed E-state index contributed by atoms with van der Waals surface area (Å²) in [5.74, 6) is 0.961. The van der Waals surface area contributed by atoms with Gasteiger partial charge in [-0.15, -0.1) is 11.8 Å². The Morgan fingerprint density at radius 1 is 1.15 bits per heavy atom. The molecule has 1 aliphatic heterocycles. The molecule has 1 aromatic carbocycles. The van der Waals surface area contributed by atoms with Gasteiger partial charge in [0.15, 0.2) is 5.65 Å². The molecule has 0 saturated carbocycles. The number of hydrogen-bond donors (Lipinski definition) is 1. The van der Waals surface area contributed by atoms with Crippen LogP contribution >= 0.6 is 39.3 Å². The number of allylic oxidation sites excluding steroid dienone is 4. The number of anilines is 1. The highest BCUT2D eigenvalue weighted by Crippen LogP contribution is 2.33. The zero-order chi connectivity index (χ0) is 22.8. The molecular formula is C25H27BrClN5S. The summed E-state index contributed by atoms with van der Waals surface area (Å²) >= 11 is 11.9. The second kappa shape index (κ2) is 10.2. The lowest BCUT2D eigenvalue weighted by Crippen LogP contribution is -2.39. The fourth-order valence-electron chi connectivity index (χ4n) is 4.48. The minimum Gasteiger partial charge on any atom is -0.367 e. The van der Waals surface area contributed by atoms with Gasteiger partial charge in [-0.3, -0.25) is 4.90 Å². The van der Waals surface area contributed by atoms with Crippen molar-refractivity contribution >= 4 is 56.3 Å². The number of thioether (sulfide) groups is 1. The molecule has 0 radical (unpaired) electrons. The summed E-state index contributed by atoms with van der Waals surface area (Å²) in [5, 5.41) is 9.07. The lowest BCUT2D eigenvalue weighted by Gasteiger charge is -2.33. The fourth-order valence-corrected chi connectivity index (χ4v) is 5.52. The maximum atomic E-state index is 6.52. The third kappa shape index (κ3) is 5.16. The van der Waals surface area contributed by atoms with E-state index in [1.807, 2.05) is 4.52 Å². The zero-order valence-corrected chi connectivity index (χ0v) is 21.8. The Morgan fingerprint density at radius 3 is 2.64 bits per heavy atom. The van der Waals surface area contributed by atoms with E-state index < -0.39 is 0 Å². The van der Waals surface area contributed by atoms with Gasteiger partial charge in [0, 0.05) is 47.2 Å². The third-order valence-corrected chi connectivity index (χ3v) is 7.97. The second-order valence-corrected chi connectivity index (χ2v) is 10.7. The van der Waals surface area contributed by atoms with Gasteiger partial charge in [-0.05, 0) is 65.6 Å². The van der Waals surface area contributed by atoms with Gasteiger partial charge in [-0.2, -0.15) is 9.61 Å². The minimum atomic E-state index is 0.396. The van der Waals surface area contributed by atoms with E-state index in [1.54, 1.807) is 18.0 Å². The molecule has 0 bridgehead atoms. The van der Waals surface area contributed by atoms with E-state index in [1.165, 1.54) is 10.5 Å². The quantitative estimate of drug-likeness (QED) is 0.355. The summed E-state index contributed by atoms with van der Waals surface area (Å²) < 4.78 is 2.76. The van der Waals surface area contributed by atoms with Gasteiger partial charge < -0.3 is 5.32 Å². The van der Waals surface area contributed by atoms with Gasteiger partial charge in [0.1, 0.15) is 5.82 Å². The van der Waals surface area contributed by atoms with Crippen LogP contribution in [0.2, 0.25) is 0 Å². The van der Waals surface area contributed by atoms with E-state index >= 15 is 0 Å². The Morgan fingerprint density at radius 2 is 1.91 bits per heavy atom. The van der Waals surface area contributed by atoms with Crippen LogP contribution in [0.3, 0.4) is 0 Å². The molecule has 2 aromatic heterocycles. The number of fused-ring (bicyclic) bond motifs is 1. The lowest BCUT2D eigenvalue weighted by molar-refractivity contribution is 0.211. The van der Waals surface area contributed by atoms with Gasteiger partial charge in [-0.1, -0.05) is 35.9 Å². The van der Waals surface area contributed by atoms with Crippen molar-refractivity contribution in [2.75, 3.05) is 24.7 Å². The molecule has 0 spiro atoms. The molecule has 172 valence electrons. The number of nitrogens with one attached hydrogen (secondary N) is 1. The summed E-state index contributed by atoms with van der Waals surface area (Å²) in [5.41, 5.74) is 4.07. The van der Waals surface area contributed by atoms with E-state index in [2.05, 4.69) is 80.0 Å². The van der Waals surface area contributed by atoms with Crippen molar-refractivity contribution in [1.29, 1.82) is 0 Å². The van der Waals surface area contributed by atoms with E-state index in [0.717, 1.165) is 77.6 Å². The standard InChI is InChI=1S/C25H27BrClN5S/c1-33-19-8-6-17(7-9-19)16-31-12-10-18(11-13-31)29-24-14-23(20-4-2-3-5-22(20)27)30-25-21(26)15-28-32(24)25/h4-9,14-15,18,29H,2-3,10-13,16H2,1H3. The number of hydrogen-bond acceptors (Lipinski definition) is 5. The fraction of sp³-hybridized carbons (Fsp3) is 0.360. The first-order chi connectivity index (χ1) is 16.1. The number of nitrogens with zero attached hydrogens (tertiary/aromatic N) is 4. The molecule has 1 aliphatic carbocycles. The van der Waals surface area contributed by atoms with Crippen LogP contribution in [0, 0.1) is 0 Å². The molecule has 1 N–H and O–H groups in total. The van der Waals surface area contributed by atoms with E-state index in [0.29, 0.717) is 6.04 Å². The maximum absolute atomic E-state index is 6.52. The van der Waals surface area contributed by atoms with Crippen molar-refractivity contribution in [3.8, 4) is 0 Å². The number of halogens is 2. The number of likely N-dealkylation sites (tertiary alicyclic amines) is 1. The van der Waals surface area contributed by atoms with Gasteiger partial charge in [-0.25, -0.2) is 4.98 Å². The van der Waals surface area contributed by atoms with Gasteiger partial charge in [0.25, 0.3) is 0 Å². The molecule has 3 aromatic rings. The number of piperidine rings is 1. The molecule has 0 amide bonds. The average Bonchev–Trinajstić information content (AvgIpc) is 3.22. The number of aromatic nitrogens is 3. The summed E-state index contributed by atoms with van der Waals surface area (Å²) in [7, 11) is 0. The number of benzene rings is 1. The van der Waals surface area contributed by atoms with Crippen LogP contribution in [0.4, 0.5) is 5.82 Å². The van der Waals surface area contributed by atoms with Crippen molar-refractivity contribution in [2.45, 2.75) is 43.2 Å². The molecular weight excluding hydrogens is 518 g/mol. The monoisotopic (exact) mass is 543 g/mol. The van der Waals surface area contributed by atoms with Crippen LogP contribution in [0.25, 0.3) is 11.2 Å². The van der Waals surface area contributed by atoms with Crippen molar-refractivity contribution in [1.82, 2.24) is 19.5 Å². The average molecular weight is 545 g/mol. The molecule has 8 heteroatoms. The molecule has 0 atom stereocenters. The molecule has 5 rings (SSSR count). The van der Waals surface area contributed by atoms with E-state index in [-0.39, 0.29) is 0 Å². The molecule has 33 heavy (non-hydrogen) atoms. The molecule has 1 saturated heterocycles. The second-order valence-electron chi connectivity index (χ2n) is 8.54. The topological polar surface area (TPSA) is 45.5 Å². The molecule has 2 aliphatic rings. The van der Waals surface area contributed by atoms with Crippen molar-refractivity contribution < 1.29 is 0 Å². The third-order valence-electron chi connectivity index (χ3n) is 6.31. The highest BCUT2D eigenvalue weighted by molar-refractivity contribution is 9.10. The van der Waals surface area contributed by atoms with Crippen LogP contribution in [0.1, 0.15) is 36.9 Å². The number of rotatable bonds is 6. The normalized spacial score (nSPS) is 17.8. The van der Waals surface area contributed by atoms with Crippen molar-refractivity contribution in [3.05, 3.63) is 69.4 Å². The Hall–Kier alpha value is -1.80. The predicted molar refractivity (Wildman–Crippen MR) is 142 cm³/mol. The van der Waals surface area contributed by atoms with E-state index in [9.17, 15) is 0 Å². The molecule has 0 unspecified atom stereocenters. The summed E-state index contributed by atoms with van der Waals surface area (Å²) in [6.07, 6.45) is 12.3. The minimum absolute atomic E-state index is 0.396. The molecule has 3 heterocycles. The summed E-state index contributed by atoms with van der Waals surface area (Å²) in [6, 6.07) is 11.4. The van der Waals surface area contributed by atoms with Crippen LogP contribution in [0.15, 0.2) is 63.1 Å². The van der Waals surface area contributed by atoms with Crippen LogP contribution in [-0.2, 0) is 6.54 Å². The first-order valence-electron chi connectivity index (χ1n) is 11.3. The lowest BCUT2D eigenvalue weighted by atomic mass is 10.0. The summed E-state index contributed by atoms with van der Waals surface area (Å²) in [6.45, 7) is 3.16. The highest BCUT2D eigenvalue weighted by Gasteiger charge is 2.22. The molecule has 5 nitrogen and oxygen atoms in total. The van der Waals surface area contributed by atoms with Gasteiger partial charge in [0.05, 0.1) is 16.4 Å². The van der Waals surface area contributed by atoms with Crippen molar-refractivity contribution in [2.24, 2.45) is 0 Å². The zero-order valence-electron chi connectivity index (χ0n) is 18.6. The first kappa shape index (κ1) is 23.0. The smallest absolute Gasteiger partial charge is 0.172 e. The van der Waals surface area contributed by atoms with Crippen LogP contribution in [0.5, 0.6) is 0 Å². The predicted octanol–water partition coefficient (Wildman–Crippen LogP) is 6.59. The summed E-state index contributed by atoms with van der Waals surface area (Å²) in [4.78, 5) is 8.70. The SMILES string of the molecule is CSc1ccc(CN2CCC(Nc3cc(C4=CCCC=C4Cl)nc4c(Br)cnn34)CC2)cc1. The van der Waals surface area contributed by atoms with Gasteiger partial charge >= 0.3 is 0 Å². The molecule has 1 fully saturated rings.